The summed E-state index contributed by atoms with van der Waals surface area (Å²) in [5.74, 6) is 0.891. The van der Waals surface area contributed by atoms with E-state index in [2.05, 4.69) is 45.2 Å². The van der Waals surface area contributed by atoms with Crippen LogP contribution in [0, 0.1) is 0 Å². The van der Waals surface area contributed by atoms with Gasteiger partial charge in [0.15, 0.2) is 0 Å². The fourth-order valence-electron chi connectivity index (χ4n) is 2.16. The fourth-order valence-corrected chi connectivity index (χ4v) is 2.75. The van der Waals surface area contributed by atoms with Crippen molar-refractivity contribution in [2.75, 3.05) is 26.7 Å². The number of methoxy groups -OCH3 is 1. The molecule has 0 amide bonds. The first-order chi connectivity index (χ1) is 8.20. The summed E-state index contributed by atoms with van der Waals surface area (Å²) in [5, 5.41) is 3.41. The van der Waals surface area contributed by atoms with Crippen LogP contribution in [0.3, 0.4) is 0 Å². The lowest BCUT2D eigenvalue weighted by molar-refractivity contribution is 0.165. The third-order valence-corrected chi connectivity index (χ3v) is 3.86. The van der Waals surface area contributed by atoms with E-state index in [1.807, 2.05) is 6.07 Å². The molecule has 0 saturated carbocycles. The number of ether oxygens (including phenoxy) is 1. The maximum absolute atomic E-state index is 5.24. The zero-order valence-corrected chi connectivity index (χ0v) is 12.0. The smallest absolute Gasteiger partial charge is 0.133 e. The van der Waals surface area contributed by atoms with Gasteiger partial charge in [0.25, 0.3) is 0 Å². The lowest BCUT2D eigenvalue weighted by Crippen LogP contribution is -2.49. The maximum Gasteiger partial charge on any atom is 0.133 e. The van der Waals surface area contributed by atoms with Crippen molar-refractivity contribution in [1.82, 2.24) is 10.2 Å². The molecular formula is C13H19BrN2O. The number of nitrogens with zero attached hydrogens (tertiary/aromatic N) is 1. The SMILES string of the molecule is COc1ccc(CN2CCNC[C@H]2C)cc1Br. The monoisotopic (exact) mass is 298 g/mol. The van der Waals surface area contributed by atoms with Gasteiger partial charge in [-0.2, -0.15) is 0 Å². The van der Waals surface area contributed by atoms with Crippen molar-refractivity contribution < 1.29 is 4.74 Å². The largest absolute Gasteiger partial charge is 0.496 e. The van der Waals surface area contributed by atoms with E-state index in [-0.39, 0.29) is 0 Å². The number of piperazine rings is 1. The van der Waals surface area contributed by atoms with Crippen LogP contribution in [0.2, 0.25) is 0 Å². The molecule has 0 aromatic heterocycles. The van der Waals surface area contributed by atoms with Crippen LogP contribution < -0.4 is 10.1 Å². The van der Waals surface area contributed by atoms with Crippen LogP contribution >= 0.6 is 15.9 Å². The molecule has 1 fully saturated rings. The van der Waals surface area contributed by atoms with E-state index in [1.54, 1.807) is 7.11 Å². The molecule has 0 unspecified atom stereocenters. The average molecular weight is 299 g/mol. The van der Waals surface area contributed by atoms with Crippen LogP contribution in [0.5, 0.6) is 5.75 Å². The van der Waals surface area contributed by atoms with Crippen LogP contribution in [0.4, 0.5) is 0 Å². The number of hydrogen-bond donors (Lipinski definition) is 1. The highest BCUT2D eigenvalue weighted by molar-refractivity contribution is 9.10. The van der Waals surface area contributed by atoms with E-state index in [0.717, 1.165) is 36.4 Å². The first-order valence-corrected chi connectivity index (χ1v) is 6.77. The quantitative estimate of drug-likeness (QED) is 0.926. The van der Waals surface area contributed by atoms with Gasteiger partial charge in [0, 0.05) is 32.2 Å². The number of hydrogen-bond acceptors (Lipinski definition) is 3. The first kappa shape index (κ1) is 12.9. The van der Waals surface area contributed by atoms with Crippen molar-refractivity contribution in [2.45, 2.75) is 19.5 Å². The van der Waals surface area contributed by atoms with Gasteiger partial charge in [0.2, 0.25) is 0 Å². The predicted octanol–water partition coefficient (Wildman–Crippen LogP) is 2.25. The second kappa shape index (κ2) is 5.85. The van der Waals surface area contributed by atoms with Crippen LogP contribution in [0.1, 0.15) is 12.5 Å². The number of benzene rings is 1. The fraction of sp³-hybridized carbons (Fsp3) is 0.538. The second-order valence-electron chi connectivity index (χ2n) is 4.49. The summed E-state index contributed by atoms with van der Waals surface area (Å²) in [6.45, 7) is 6.56. The Kier molecular flexibility index (Phi) is 4.42. The van der Waals surface area contributed by atoms with Gasteiger partial charge in [-0.05, 0) is 40.5 Å². The Balaban J connectivity index is 2.05. The Bertz CT molecular complexity index is 384. The Morgan fingerprint density at radius 2 is 2.35 bits per heavy atom. The van der Waals surface area contributed by atoms with E-state index in [0.29, 0.717) is 6.04 Å². The van der Waals surface area contributed by atoms with Gasteiger partial charge in [0.1, 0.15) is 5.75 Å². The molecular weight excluding hydrogens is 280 g/mol. The van der Waals surface area contributed by atoms with Crippen LogP contribution in [-0.4, -0.2) is 37.7 Å². The highest BCUT2D eigenvalue weighted by atomic mass is 79.9. The number of halogens is 1. The van der Waals surface area contributed by atoms with Gasteiger partial charge >= 0.3 is 0 Å². The zero-order valence-electron chi connectivity index (χ0n) is 10.4. The molecule has 0 spiro atoms. The minimum atomic E-state index is 0.602. The molecule has 94 valence electrons. The Morgan fingerprint density at radius 1 is 1.53 bits per heavy atom. The molecule has 2 rings (SSSR count). The van der Waals surface area contributed by atoms with Crippen molar-refractivity contribution in [1.29, 1.82) is 0 Å². The van der Waals surface area contributed by atoms with E-state index >= 15 is 0 Å². The first-order valence-electron chi connectivity index (χ1n) is 5.98. The molecule has 0 radical (unpaired) electrons. The average Bonchev–Trinajstić information content (AvgIpc) is 2.32. The molecule has 1 atom stereocenters. The molecule has 4 heteroatoms. The van der Waals surface area contributed by atoms with Gasteiger partial charge < -0.3 is 10.1 Å². The standard InChI is InChI=1S/C13H19BrN2O/c1-10-8-15-5-6-16(10)9-11-3-4-13(17-2)12(14)7-11/h3-4,7,10,15H,5-6,8-9H2,1-2H3/t10-/m1/s1. The van der Waals surface area contributed by atoms with Crippen molar-refractivity contribution in [3.8, 4) is 5.75 Å². The molecule has 1 aliphatic rings. The van der Waals surface area contributed by atoms with Gasteiger partial charge in [-0.15, -0.1) is 0 Å². The molecule has 1 saturated heterocycles. The molecule has 17 heavy (non-hydrogen) atoms. The molecule has 1 aromatic carbocycles. The topological polar surface area (TPSA) is 24.5 Å². The predicted molar refractivity (Wildman–Crippen MR) is 73.4 cm³/mol. The van der Waals surface area contributed by atoms with Crippen molar-refractivity contribution in [2.24, 2.45) is 0 Å². The van der Waals surface area contributed by atoms with Gasteiger partial charge in [-0.3, -0.25) is 4.90 Å². The second-order valence-corrected chi connectivity index (χ2v) is 5.35. The highest BCUT2D eigenvalue weighted by Gasteiger charge is 2.17. The molecule has 3 nitrogen and oxygen atoms in total. The van der Waals surface area contributed by atoms with Crippen LogP contribution in [0.25, 0.3) is 0 Å². The lowest BCUT2D eigenvalue weighted by Gasteiger charge is -2.33. The van der Waals surface area contributed by atoms with E-state index < -0.39 is 0 Å². The zero-order chi connectivity index (χ0) is 12.3. The van der Waals surface area contributed by atoms with Crippen LogP contribution in [-0.2, 0) is 6.54 Å². The molecule has 0 aliphatic carbocycles. The van der Waals surface area contributed by atoms with Crippen LogP contribution in [0.15, 0.2) is 22.7 Å². The Labute approximate surface area is 111 Å². The molecule has 1 aromatic rings. The third kappa shape index (κ3) is 3.21. The van der Waals surface area contributed by atoms with Gasteiger partial charge in [0.05, 0.1) is 11.6 Å². The Morgan fingerprint density at radius 3 is 3.00 bits per heavy atom. The van der Waals surface area contributed by atoms with Crippen molar-refractivity contribution in [3.63, 3.8) is 0 Å². The molecule has 1 N–H and O–H groups in total. The lowest BCUT2D eigenvalue weighted by atomic mass is 10.1. The van der Waals surface area contributed by atoms with E-state index in [1.165, 1.54) is 5.56 Å². The normalized spacial score (nSPS) is 21.5. The summed E-state index contributed by atoms with van der Waals surface area (Å²) < 4.78 is 6.27. The molecule has 1 heterocycles. The highest BCUT2D eigenvalue weighted by Crippen LogP contribution is 2.26. The third-order valence-electron chi connectivity index (χ3n) is 3.24. The summed E-state index contributed by atoms with van der Waals surface area (Å²) in [6, 6.07) is 6.91. The van der Waals surface area contributed by atoms with Crippen molar-refractivity contribution in [3.05, 3.63) is 28.2 Å². The summed E-state index contributed by atoms with van der Waals surface area (Å²) in [5.41, 5.74) is 1.33. The molecule has 0 bridgehead atoms. The number of rotatable bonds is 3. The minimum absolute atomic E-state index is 0.602. The van der Waals surface area contributed by atoms with E-state index in [9.17, 15) is 0 Å². The van der Waals surface area contributed by atoms with Crippen molar-refractivity contribution >= 4 is 15.9 Å². The summed E-state index contributed by atoms with van der Waals surface area (Å²) >= 11 is 3.53. The van der Waals surface area contributed by atoms with E-state index in [4.69, 9.17) is 4.74 Å². The van der Waals surface area contributed by atoms with Gasteiger partial charge in [-0.1, -0.05) is 6.07 Å². The Hall–Kier alpha value is -0.580. The summed E-state index contributed by atoms with van der Waals surface area (Å²) in [7, 11) is 1.69. The summed E-state index contributed by atoms with van der Waals surface area (Å²) in [6.07, 6.45) is 0. The van der Waals surface area contributed by atoms with Gasteiger partial charge in [-0.25, -0.2) is 0 Å². The molecule has 1 aliphatic heterocycles. The summed E-state index contributed by atoms with van der Waals surface area (Å²) in [4.78, 5) is 2.50. The number of nitrogens with one attached hydrogen (secondary N) is 1. The minimum Gasteiger partial charge on any atom is -0.496 e. The maximum atomic E-state index is 5.24.